The minimum atomic E-state index is -4.80. The van der Waals surface area contributed by atoms with Crippen LogP contribution in [0.3, 0.4) is 0 Å². The summed E-state index contributed by atoms with van der Waals surface area (Å²) in [7, 11) is 0. The van der Waals surface area contributed by atoms with Crippen LogP contribution in [0, 0.1) is 0 Å². The van der Waals surface area contributed by atoms with Gasteiger partial charge in [-0.3, -0.25) is 0 Å². The number of nitrogens with zero attached hydrogens (tertiary/aromatic N) is 3. The molecule has 0 saturated heterocycles. The first-order chi connectivity index (χ1) is 6.82. The molecular formula is C7H5BrF3N3O. The fourth-order valence-corrected chi connectivity index (χ4v) is 1.50. The number of guanidine groups is 1. The number of aliphatic hydroxyl groups is 1. The zero-order valence-electron chi connectivity index (χ0n) is 7.16. The van der Waals surface area contributed by atoms with Crippen LogP contribution in [0.15, 0.2) is 22.3 Å². The normalized spacial score (nSPS) is 30.1. The highest BCUT2D eigenvalue weighted by atomic mass is 79.9. The molecule has 0 aromatic rings. The van der Waals surface area contributed by atoms with Crippen LogP contribution in [0.1, 0.15) is 0 Å². The lowest BCUT2D eigenvalue weighted by Crippen LogP contribution is -2.46. The van der Waals surface area contributed by atoms with Crippen LogP contribution >= 0.6 is 15.9 Å². The Balaban J connectivity index is 2.36. The largest absolute Gasteiger partial charge is 0.440 e. The second-order valence-corrected chi connectivity index (χ2v) is 3.92. The summed E-state index contributed by atoms with van der Waals surface area (Å²) < 4.78 is 37.6. The van der Waals surface area contributed by atoms with Gasteiger partial charge in [-0.1, -0.05) is 0 Å². The molecule has 2 aliphatic heterocycles. The molecular weight excluding hydrogens is 279 g/mol. The van der Waals surface area contributed by atoms with Crippen molar-refractivity contribution < 1.29 is 18.3 Å². The molecule has 2 rings (SSSR count). The molecule has 82 valence electrons. The van der Waals surface area contributed by atoms with Gasteiger partial charge < -0.3 is 10.0 Å². The van der Waals surface area contributed by atoms with Crippen LogP contribution in [0.5, 0.6) is 0 Å². The summed E-state index contributed by atoms with van der Waals surface area (Å²) in [5.74, 6) is -0.149. The Hall–Kier alpha value is -0.890. The van der Waals surface area contributed by atoms with Gasteiger partial charge in [-0.25, -0.2) is 9.98 Å². The maximum Gasteiger partial charge on any atom is 0.440 e. The van der Waals surface area contributed by atoms with Gasteiger partial charge in [0.1, 0.15) is 4.62 Å². The predicted molar refractivity (Wildman–Crippen MR) is 50.6 cm³/mol. The summed E-state index contributed by atoms with van der Waals surface area (Å²) >= 11 is 3.01. The molecule has 0 radical (unpaired) electrons. The van der Waals surface area contributed by atoms with Crippen molar-refractivity contribution in [1.29, 1.82) is 0 Å². The van der Waals surface area contributed by atoms with Crippen LogP contribution in [-0.2, 0) is 0 Å². The molecule has 15 heavy (non-hydrogen) atoms. The number of hydrogen-bond donors (Lipinski definition) is 1. The topological polar surface area (TPSA) is 48.2 Å². The van der Waals surface area contributed by atoms with Gasteiger partial charge >= 0.3 is 6.18 Å². The fraction of sp³-hybridized carbons (Fsp3) is 0.429. The van der Waals surface area contributed by atoms with Crippen molar-refractivity contribution in [3.63, 3.8) is 0 Å². The summed E-state index contributed by atoms with van der Waals surface area (Å²) in [6.45, 7) is -0.661. The van der Waals surface area contributed by atoms with E-state index in [2.05, 4.69) is 25.9 Å². The molecule has 0 saturated carbocycles. The van der Waals surface area contributed by atoms with E-state index in [0.717, 1.165) is 4.90 Å². The number of aliphatic imine (C=N–C) groups is 2. The highest BCUT2D eigenvalue weighted by Crippen LogP contribution is 2.36. The van der Waals surface area contributed by atoms with E-state index in [1.165, 1.54) is 12.3 Å². The van der Waals surface area contributed by atoms with E-state index in [1.807, 2.05) is 0 Å². The average Bonchev–Trinajstić information content (AvgIpc) is 2.40. The zero-order chi connectivity index (χ0) is 11.3. The number of fused-ring (bicyclic) bond motifs is 1. The monoisotopic (exact) mass is 283 g/mol. The second kappa shape index (κ2) is 3.05. The van der Waals surface area contributed by atoms with Gasteiger partial charge in [0.25, 0.3) is 5.72 Å². The number of alkyl halides is 3. The quantitative estimate of drug-likeness (QED) is 0.727. The average molecular weight is 284 g/mol. The Bertz CT molecular complexity index is 389. The third-order valence-corrected chi connectivity index (χ3v) is 2.43. The Morgan fingerprint density at radius 3 is 2.80 bits per heavy atom. The molecule has 0 spiro atoms. The summed E-state index contributed by atoms with van der Waals surface area (Å²) in [5, 5.41) is 9.27. The van der Waals surface area contributed by atoms with Crippen molar-refractivity contribution in [3.8, 4) is 0 Å². The van der Waals surface area contributed by atoms with E-state index in [1.54, 1.807) is 0 Å². The van der Waals surface area contributed by atoms with Crippen molar-refractivity contribution in [1.82, 2.24) is 4.90 Å². The van der Waals surface area contributed by atoms with Crippen LogP contribution in [-0.4, -0.2) is 39.0 Å². The van der Waals surface area contributed by atoms with Gasteiger partial charge in [-0.15, -0.1) is 0 Å². The highest BCUT2D eigenvalue weighted by Gasteiger charge is 2.58. The molecule has 0 aromatic heterocycles. The molecule has 4 nitrogen and oxygen atoms in total. The van der Waals surface area contributed by atoms with Gasteiger partial charge in [0.15, 0.2) is 0 Å². The SMILES string of the molecule is OC1(C(F)(F)F)CN2C=CC(Br)=NC2=N1. The van der Waals surface area contributed by atoms with E-state index < -0.39 is 18.4 Å². The van der Waals surface area contributed by atoms with Gasteiger partial charge in [0.05, 0.1) is 6.54 Å². The second-order valence-electron chi connectivity index (χ2n) is 3.10. The molecule has 0 aromatic carbocycles. The Kier molecular flexibility index (Phi) is 2.16. The third kappa shape index (κ3) is 1.67. The van der Waals surface area contributed by atoms with Crippen molar-refractivity contribution in [2.75, 3.05) is 6.54 Å². The smallest absolute Gasteiger partial charge is 0.361 e. The van der Waals surface area contributed by atoms with Crippen molar-refractivity contribution in [3.05, 3.63) is 12.3 Å². The van der Waals surface area contributed by atoms with Gasteiger partial charge in [0, 0.05) is 6.20 Å². The van der Waals surface area contributed by atoms with Gasteiger partial charge in [-0.05, 0) is 22.0 Å². The van der Waals surface area contributed by atoms with Crippen LogP contribution < -0.4 is 0 Å². The predicted octanol–water partition coefficient (Wildman–Crippen LogP) is 1.23. The Morgan fingerprint density at radius 1 is 1.53 bits per heavy atom. The molecule has 2 heterocycles. The van der Waals surface area contributed by atoms with E-state index in [9.17, 15) is 18.3 Å². The van der Waals surface area contributed by atoms with E-state index in [4.69, 9.17) is 0 Å². The number of rotatable bonds is 0. The van der Waals surface area contributed by atoms with Crippen LogP contribution in [0.4, 0.5) is 13.2 Å². The number of allylic oxidation sites excluding steroid dienone is 1. The van der Waals surface area contributed by atoms with Gasteiger partial charge in [-0.2, -0.15) is 13.2 Å². The standard InChI is InChI=1S/C7H5BrF3N3O/c8-4-1-2-14-3-6(15,7(9,10)11)13-5(14)12-4/h1-2,15H,3H2. The van der Waals surface area contributed by atoms with E-state index >= 15 is 0 Å². The summed E-state index contributed by atoms with van der Waals surface area (Å²) in [6.07, 6.45) is -1.95. The van der Waals surface area contributed by atoms with Crippen LogP contribution in [0.25, 0.3) is 0 Å². The lowest BCUT2D eigenvalue weighted by atomic mass is 10.2. The minimum absolute atomic E-state index is 0.149. The maximum absolute atomic E-state index is 12.4. The van der Waals surface area contributed by atoms with Crippen molar-refractivity contribution in [2.24, 2.45) is 9.98 Å². The summed E-state index contributed by atoms with van der Waals surface area (Å²) in [6, 6.07) is 0. The van der Waals surface area contributed by atoms with Crippen molar-refractivity contribution >= 4 is 26.5 Å². The number of halogens is 4. The Labute approximate surface area is 90.9 Å². The maximum atomic E-state index is 12.4. The first-order valence-corrected chi connectivity index (χ1v) is 4.69. The third-order valence-electron chi connectivity index (χ3n) is 1.99. The zero-order valence-corrected chi connectivity index (χ0v) is 8.75. The molecule has 1 N–H and O–H groups in total. The molecule has 8 heteroatoms. The van der Waals surface area contributed by atoms with Gasteiger partial charge in [0.2, 0.25) is 5.96 Å². The Morgan fingerprint density at radius 2 is 2.20 bits per heavy atom. The van der Waals surface area contributed by atoms with E-state index in [-0.39, 0.29) is 5.96 Å². The first kappa shape index (κ1) is 10.6. The minimum Gasteiger partial charge on any atom is -0.361 e. The first-order valence-electron chi connectivity index (χ1n) is 3.90. The molecule has 2 aliphatic rings. The summed E-state index contributed by atoms with van der Waals surface area (Å²) in [5.41, 5.74) is -3.06. The summed E-state index contributed by atoms with van der Waals surface area (Å²) in [4.78, 5) is 8.02. The molecule has 0 amide bonds. The molecule has 1 atom stereocenters. The van der Waals surface area contributed by atoms with Crippen molar-refractivity contribution in [2.45, 2.75) is 11.9 Å². The molecule has 0 bridgehead atoms. The lowest BCUT2D eigenvalue weighted by molar-refractivity contribution is -0.253. The lowest BCUT2D eigenvalue weighted by Gasteiger charge is -2.23. The molecule has 0 aliphatic carbocycles. The fourth-order valence-electron chi connectivity index (χ4n) is 1.22. The molecule has 1 unspecified atom stereocenters. The highest BCUT2D eigenvalue weighted by molar-refractivity contribution is 9.18. The van der Waals surface area contributed by atoms with E-state index in [0.29, 0.717) is 4.62 Å². The van der Waals surface area contributed by atoms with Crippen LogP contribution in [0.2, 0.25) is 0 Å². The number of hydrogen-bond acceptors (Lipinski definition) is 4. The molecule has 0 fully saturated rings.